The van der Waals surface area contributed by atoms with Crippen LogP contribution < -0.4 is 0 Å². The van der Waals surface area contributed by atoms with Crippen molar-refractivity contribution in [2.75, 3.05) is 24.8 Å². The highest BCUT2D eigenvalue weighted by atomic mass is 35.5. The number of halogens is 2. The largest absolute Gasteiger partial charge is 0.345 e. The number of aromatic nitrogens is 4. The first kappa shape index (κ1) is 14.6. The van der Waals surface area contributed by atoms with Crippen LogP contribution in [0.4, 0.5) is 0 Å². The van der Waals surface area contributed by atoms with Crippen LogP contribution in [0.1, 0.15) is 0 Å². The first-order valence-electron chi connectivity index (χ1n) is 5.68. The van der Waals surface area contributed by atoms with Crippen molar-refractivity contribution in [1.29, 1.82) is 0 Å². The fraction of sp³-hybridized carbons (Fsp3) is 0.400. The van der Waals surface area contributed by atoms with Crippen molar-refractivity contribution in [2.24, 2.45) is 0 Å². The summed E-state index contributed by atoms with van der Waals surface area (Å²) in [6, 6.07) is 0. The van der Waals surface area contributed by atoms with E-state index in [4.69, 9.17) is 23.2 Å². The number of hydrogen-bond acceptors (Lipinski definition) is 3. The van der Waals surface area contributed by atoms with Crippen molar-refractivity contribution in [3.8, 4) is 0 Å². The third kappa shape index (κ3) is 2.87. The summed E-state index contributed by atoms with van der Waals surface area (Å²) in [6.07, 6.45) is 9.55. The summed E-state index contributed by atoms with van der Waals surface area (Å²) < 4.78 is 18.4. The molecule has 0 aliphatic rings. The fourth-order valence-electron chi connectivity index (χ4n) is 1.79. The quantitative estimate of drug-likeness (QED) is 0.580. The van der Waals surface area contributed by atoms with E-state index in [1.54, 1.807) is 38.1 Å². The molecule has 0 amide bonds. The molecule has 0 atom stereocenters. The van der Waals surface area contributed by atoms with Crippen LogP contribution in [0.2, 0.25) is 0 Å². The first-order chi connectivity index (χ1) is 9.23. The average molecular weight is 322 g/mol. The summed E-state index contributed by atoms with van der Waals surface area (Å²) in [7, 11) is -3.10. The lowest BCUT2D eigenvalue weighted by Gasteiger charge is -2.31. The van der Waals surface area contributed by atoms with E-state index in [-0.39, 0.29) is 0 Å². The molecule has 0 saturated carbocycles. The van der Waals surface area contributed by atoms with Crippen molar-refractivity contribution in [1.82, 2.24) is 23.3 Å². The van der Waals surface area contributed by atoms with E-state index in [2.05, 4.69) is 9.97 Å². The van der Waals surface area contributed by atoms with Gasteiger partial charge in [-0.15, -0.1) is 23.2 Å². The van der Waals surface area contributed by atoms with Gasteiger partial charge in [0.1, 0.15) is 12.7 Å². The average Bonchev–Trinajstić information content (AvgIpc) is 3.10. The van der Waals surface area contributed by atoms with Gasteiger partial charge in [0.15, 0.2) is 0 Å². The zero-order valence-corrected chi connectivity index (χ0v) is 12.5. The monoisotopic (exact) mass is 321 g/mol. The Morgan fingerprint density at radius 3 is 1.79 bits per heavy atom. The Balaban J connectivity index is 2.47. The van der Waals surface area contributed by atoms with Crippen molar-refractivity contribution in [3.05, 3.63) is 37.4 Å². The van der Waals surface area contributed by atoms with Gasteiger partial charge in [-0.3, -0.25) is 13.2 Å². The highest BCUT2D eigenvalue weighted by molar-refractivity contribution is 7.58. The molecule has 2 heterocycles. The van der Waals surface area contributed by atoms with Gasteiger partial charge in [-0.1, -0.05) is 0 Å². The van der Waals surface area contributed by atoms with Crippen molar-refractivity contribution >= 4 is 30.8 Å². The Hall–Kier alpha value is -0.810. The van der Waals surface area contributed by atoms with Gasteiger partial charge in [0.05, 0.1) is 0 Å². The summed E-state index contributed by atoms with van der Waals surface area (Å²) in [5.74, 6) is 0.731. The minimum Gasteiger partial charge on any atom is -0.258 e. The summed E-state index contributed by atoms with van der Waals surface area (Å²) in [5, 5.41) is 0. The Morgan fingerprint density at radius 2 is 1.47 bits per heavy atom. The Morgan fingerprint density at radius 1 is 1.00 bits per heavy atom. The van der Waals surface area contributed by atoms with Crippen LogP contribution in [0.3, 0.4) is 0 Å². The van der Waals surface area contributed by atoms with Gasteiger partial charge in [-0.25, -0.2) is 14.6 Å². The number of hydrogen-bond donors (Lipinski definition) is 0. The highest BCUT2D eigenvalue weighted by Gasteiger charge is 2.33. The van der Waals surface area contributed by atoms with Gasteiger partial charge in [-0.05, 0) is 0 Å². The normalized spacial score (nSPS) is 12.2. The number of nitrogens with zero attached hydrogens (tertiary/aromatic N) is 5. The van der Waals surface area contributed by atoms with Gasteiger partial charge in [-0.2, -0.15) is 0 Å². The molecule has 0 bridgehead atoms. The molecule has 0 fully saturated rings. The van der Waals surface area contributed by atoms with E-state index in [1.807, 2.05) is 0 Å². The van der Waals surface area contributed by atoms with Gasteiger partial charge in [0.2, 0.25) is 0 Å². The molecule has 6 nitrogen and oxygen atoms in total. The zero-order valence-electron chi connectivity index (χ0n) is 10.1. The van der Waals surface area contributed by atoms with E-state index in [1.165, 1.54) is 12.7 Å². The molecule has 0 radical (unpaired) electrons. The van der Waals surface area contributed by atoms with E-state index in [0.717, 1.165) is 0 Å². The summed E-state index contributed by atoms with van der Waals surface area (Å²) in [5.41, 5.74) is 0. The van der Waals surface area contributed by atoms with Crippen LogP contribution in [0, 0.1) is 0 Å². The molecule has 19 heavy (non-hydrogen) atoms. The Labute approximate surface area is 121 Å². The Bertz CT molecular complexity index is 486. The molecule has 0 aliphatic carbocycles. The van der Waals surface area contributed by atoms with Crippen molar-refractivity contribution < 1.29 is 4.57 Å². The van der Waals surface area contributed by atoms with E-state index >= 15 is 0 Å². The molecule has 0 unspecified atom stereocenters. The molecule has 0 spiro atoms. The number of imidazole rings is 2. The molecule has 104 valence electrons. The van der Waals surface area contributed by atoms with Crippen LogP contribution >= 0.6 is 30.8 Å². The van der Waals surface area contributed by atoms with Gasteiger partial charge < -0.3 is 0 Å². The maximum Gasteiger partial charge on any atom is 0.345 e. The molecule has 2 aromatic rings. The standard InChI is InChI=1S/C10H14Cl2N5OP/c11-1-5-15(6-2-12)19(18,16-7-3-13-9-16)17-8-4-14-10-17/h3-4,7-10H,1-2,5-6H2. The first-order valence-corrected chi connectivity index (χ1v) is 8.32. The number of alkyl halides is 2. The molecule has 0 aromatic carbocycles. The van der Waals surface area contributed by atoms with Crippen molar-refractivity contribution in [2.45, 2.75) is 0 Å². The van der Waals surface area contributed by atoms with Crippen molar-refractivity contribution in [3.63, 3.8) is 0 Å². The maximum absolute atomic E-state index is 13.5. The molecule has 0 N–H and O–H groups in total. The molecular formula is C10H14Cl2N5OP. The van der Waals surface area contributed by atoms with Gasteiger partial charge in [0.25, 0.3) is 0 Å². The summed E-state index contributed by atoms with van der Waals surface area (Å²) in [4.78, 5) is 7.93. The minimum atomic E-state index is -3.10. The second-order valence-corrected chi connectivity index (χ2v) is 7.00. The highest BCUT2D eigenvalue weighted by Crippen LogP contribution is 2.51. The molecule has 2 aromatic heterocycles. The summed E-state index contributed by atoms with van der Waals surface area (Å²) >= 11 is 11.6. The lowest BCUT2D eigenvalue weighted by atomic mass is 10.6. The predicted molar refractivity (Wildman–Crippen MR) is 75.9 cm³/mol. The third-order valence-corrected chi connectivity index (χ3v) is 5.79. The smallest absolute Gasteiger partial charge is 0.258 e. The van der Waals surface area contributed by atoms with Crippen LogP contribution in [0.25, 0.3) is 0 Å². The molecular weight excluding hydrogens is 308 g/mol. The lowest BCUT2D eigenvalue weighted by Crippen LogP contribution is -2.30. The SMILES string of the molecule is O=P(N(CCCl)CCCl)(n1ccnc1)n1ccnc1. The second-order valence-electron chi connectivity index (χ2n) is 3.73. The van der Waals surface area contributed by atoms with Crippen LogP contribution in [-0.4, -0.2) is 48.2 Å². The second kappa shape index (κ2) is 6.57. The third-order valence-electron chi connectivity index (χ3n) is 2.64. The van der Waals surface area contributed by atoms with E-state index < -0.39 is 7.59 Å². The maximum atomic E-state index is 13.5. The molecule has 0 aliphatic heterocycles. The van der Waals surface area contributed by atoms with E-state index in [0.29, 0.717) is 24.8 Å². The summed E-state index contributed by atoms with van der Waals surface area (Å²) in [6.45, 7) is 0.920. The minimum absolute atomic E-state index is 0.365. The van der Waals surface area contributed by atoms with Gasteiger partial charge in [0, 0.05) is 49.6 Å². The van der Waals surface area contributed by atoms with E-state index in [9.17, 15) is 4.57 Å². The predicted octanol–water partition coefficient (Wildman–Crippen LogP) is 2.36. The van der Waals surface area contributed by atoms with Crippen LogP contribution in [0.15, 0.2) is 37.4 Å². The molecule has 0 saturated heterocycles. The Kier molecular flexibility index (Phi) is 5.05. The molecule has 9 heteroatoms. The van der Waals surface area contributed by atoms with Gasteiger partial charge >= 0.3 is 7.59 Å². The lowest BCUT2D eigenvalue weighted by molar-refractivity contribution is 0.429. The topological polar surface area (TPSA) is 56.0 Å². The van der Waals surface area contributed by atoms with Crippen LogP contribution in [-0.2, 0) is 4.57 Å². The molecule has 2 rings (SSSR count). The zero-order chi connectivity index (χ0) is 13.7. The fourth-order valence-corrected chi connectivity index (χ4v) is 4.83. The number of rotatable bonds is 7. The van der Waals surface area contributed by atoms with Crippen LogP contribution in [0.5, 0.6) is 0 Å².